The van der Waals surface area contributed by atoms with Crippen LogP contribution in [0.3, 0.4) is 0 Å². The summed E-state index contributed by atoms with van der Waals surface area (Å²) >= 11 is 0. The predicted octanol–water partition coefficient (Wildman–Crippen LogP) is 14.0. The van der Waals surface area contributed by atoms with Crippen LogP contribution < -0.4 is 0 Å². The molecule has 0 saturated carbocycles. The van der Waals surface area contributed by atoms with E-state index in [2.05, 4.69) is 159 Å². The van der Waals surface area contributed by atoms with Crippen molar-refractivity contribution >= 4 is 0 Å². The zero-order valence-corrected chi connectivity index (χ0v) is 45.2. The summed E-state index contributed by atoms with van der Waals surface area (Å²) < 4.78 is 0. The summed E-state index contributed by atoms with van der Waals surface area (Å²) in [6.45, 7) is 19.5. The molecule has 0 unspecified atom stereocenters. The molecule has 0 aliphatic carbocycles. The molecule has 0 spiro atoms. The smallest absolute Gasteiger partial charge is 0 e. The van der Waals surface area contributed by atoms with E-state index in [0.29, 0.717) is 0 Å². The molecule has 0 N–H and O–H groups in total. The zero-order valence-electron chi connectivity index (χ0n) is 36.7. The molecule has 3 radical (unpaired) electrons. The molecule has 0 aliphatic rings. The molecule has 0 atom stereocenters. The van der Waals surface area contributed by atoms with Crippen LogP contribution in [0.5, 0.6) is 0 Å². The third-order valence-corrected chi connectivity index (χ3v) is 8.99. The van der Waals surface area contributed by atoms with Crippen LogP contribution >= 0.6 is 0 Å². The minimum Gasteiger partial charge on any atom is -0.184 e. The Hall–Kier alpha value is -1.37. The van der Waals surface area contributed by atoms with Gasteiger partial charge in [0.15, 0.2) is 0 Å². The van der Waals surface area contributed by atoms with Gasteiger partial charge in [-0.05, 0) is 0 Å². The van der Waals surface area contributed by atoms with Crippen LogP contribution in [0.15, 0.2) is 127 Å². The van der Waals surface area contributed by atoms with Gasteiger partial charge >= 0.3 is 0 Å². The molecule has 3 heteroatoms. The first-order chi connectivity index (χ1) is 26.4. The van der Waals surface area contributed by atoms with Gasteiger partial charge in [0.2, 0.25) is 0 Å². The summed E-state index contributed by atoms with van der Waals surface area (Å²) in [4.78, 5) is 0. The van der Waals surface area contributed by atoms with Crippen LogP contribution in [-0.2, 0) is 156 Å². The van der Waals surface area contributed by atoms with Crippen LogP contribution in [0.4, 0.5) is 0 Å². The van der Waals surface area contributed by atoms with Gasteiger partial charge in [-0.1, -0.05) is 120 Å². The fourth-order valence-corrected chi connectivity index (χ4v) is 5.47. The fourth-order valence-electron chi connectivity index (χ4n) is 5.47. The second-order valence-corrected chi connectivity index (χ2v) is 12.5. The number of benzene rings is 6. The molecule has 6 rings (SSSR count). The van der Waals surface area contributed by atoms with Crippen molar-refractivity contribution in [2.24, 2.45) is 0 Å². The Bertz CT molecular complexity index is 1440. The van der Waals surface area contributed by atoms with E-state index in [9.17, 15) is 0 Å². The zero-order chi connectivity index (χ0) is 39.7. The molecule has 0 aromatic heterocycles. The largest absolute Gasteiger partial charge is 0.184 e. The fraction of sp³-hybridized carbons (Fsp3) is 0.333. The van der Waals surface area contributed by atoms with Gasteiger partial charge in [-0.2, -0.15) is 214 Å². The summed E-state index contributed by atoms with van der Waals surface area (Å²) in [6, 6.07) is 61.1. The van der Waals surface area contributed by atoms with Gasteiger partial charge in [-0.15, -0.1) is 0 Å². The minimum absolute atomic E-state index is 0. The molecule has 6 aromatic rings. The summed E-state index contributed by atoms with van der Waals surface area (Å²) in [5.41, 5.74) is 12.8. The number of aryl methyl sites for hydroxylation is 9. The van der Waals surface area contributed by atoms with E-state index in [1.165, 1.54) is 50.1 Å². The second kappa shape index (κ2) is 41.4. The van der Waals surface area contributed by atoms with E-state index in [-0.39, 0.29) is 98.1 Å². The SMILES string of the molecule is CCc1c[c-]ccc1.CCc1c[c-]ccc1.CCc1c[c-]ccc1CC.CCc1c[c-]ccc1CC.CCc1c[c-]ccc1CC.CCc1cc[c-]cc1.[Y].[Y].[Y]. The van der Waals surface area contributed by atoms with Gasteiger partial charge in [0, 0.05) is 98.1 Å². The number of rotatable bonds is 9. The van der Waals surface area contributed by atoms with Gasteiger partial charge in [0.25, 0.3) is 0 Å². The Balaban J connectivity index is -0.000000609. The first kappa shape index (κ1) is 59.9. The third-order valence-electron chi connectivity index (χ3n) is 8.99. The number of hydrogen-bond acceptors (Lipinski definition) is 0. The summed E-state index contributed by atoms with van der Waals surface area (Å²) in [6.07, 6.45) is 10.1. The Kier molecular flexibility index (Phi) is 43.5. The van der Waals surface area contributed by atoms with Gasteiger partial charge in [0.05, 0.1) is 0 Å². The average molecular weight is 982 g/mol. The molecule has 0 fully saturated rings. The van der Waals surface area contributed by atoms with Crippen molar-refractivity contribution in [2.45, 2.75) is 120 Å². The van der Waals surface area contributed by atoms with Gasteiger partial charge in [-0.3, -0.25) is 0 Å². The Morgan fingerprint density at radius 3 is 0.737 bits per heavy atom. The molecule has 0 aliphatic heterocycles. The molecular formula is C54H66Y3-6. The van der Waals surface area contributed by atoms with E-state index in [1.54, 1.807) is 0 Å². The van der Waals surface area contributed by atoms with Crippen molar-refractivity contribution in [3.63, 3.8) is 0 Å². The van der Waals surface area contributed by atoms with Crippen molar-refractivity contribution in [1.82, 2.24) is 0 Å². The molecule has 0 bridgehead atoms. The maximum atomic E-state index is 3.09. The van der Waals surface area contributed by atoms with Crippen LogP contribution in [-0.4, -0.2) is 0 Å². The van der Waals surface area contributed by atoms with Crippen molar-refractivity contribution in [3.8, 4) is 0 Å². The molecule has 297 valence electrons. The first-order valence-electron chi connectivity index (χ1n) is 20.2. The van der Waals surface area contributed by atoms with Crippen LogP contribution in [0.25, 0.3) is 0 Å². The summed E-state index contributed by atoms with van der Waals surface area (Å²) in [7, 11) is 0. The molecule has 0 amide bonds. The monoisotopic (exact) mass is 981 g/mol. The third kappa shape index (κ3) is 27.9. The Labute approximate surface area is 426 Å². The van der Waals surface area contributed by atoms with Crippen LogP contribution in [0.2, 0.25) is 0 Å². The maximum Gasteiger partial charge on any atom is 0 e. The quantitative estimate of drug-likeness (QED) is 0.127. The molecule has 57 heavy (non-hydrogen) atoms. The van der Waals surface area contributed by atoms with E-state index >= 15 is 0 Å². The van der Waals surface area contributed by atoms with E-state index < -0.39 is 0 Å². The minimum atomic E-state index is 0. The topological polar surface area (TPSA) is 0 Å². The molecular weight excluding hydrogens is 915 g/mol. The van der Waals surface area contributed by atoms with E-state index in [1.807, 2.05) is 66.7 Å². The molecule has 6 aromatic carbocycles. The van der Waals surface area contributed by atoms with Crippen LogP contribution in [0, 0.1) is 36.4 Å². The van der Waals surface area contributed by atoms with Crippen molar-refractivity contribution in [1.29, 1.82) is 0 Å². The number of hydrogen-bond donors (Lipinski definition) is 0. The normalized spacial score (nSPS) is 9.00. The Morgan fingerprint density at radius 2 is 0.544 bits per heavy atom. The van der Waals surface area contributed by atoms with Crippen molar-refractivity contribution in [3.05, 3.63) is 214 Å². The predicted molar refractivity (Wildman–Crippen MR) is 236 cm³/mol. The van der Waals surface area contributed by atoms with E-state index in [0.717, 1.165) is 57.8 Å². The van der Waals surface area contributed by atoms with Gasteiger partial charge in [0.1, 0.15) is 0 Å². The molecule has 0 heterocycles. The van der Waals surface area contributed by atoms with Gasteiger partial charge < -0.3 is 0 Å². The summed E-state index contributed by atoms with van der Waals surface area (Å²) in [5.74, 6) is 0. The van der Waals surface area contributed by atoms with E-state index in [4.69, 9.17) is 0 Å². The molecule has 0 saturated heterocycles. The summed E-state index contributed by atoms with van der Waals surface area (Å²) in [5, 5.41) is 0. The first-order valence-corrected chi connectivity index (χ1v) is 20.2. The molecule has 0 nitrogen and oxygen atoms in total. The average Bonchev–Trinajstić information content (AvgIpc) is 3.28. The second-order valence-electron chi connectivity index (χ2n) is 12.5. The van der Waals surface area contributed by atoms with Crippen molar-refractivity contribution in [2.75, 3.05) is 0 Å². The maximum absolute atomic E-state index is 3.09. The standard InChI is InChI=1S/3C10H13.3C8H9.3Y/c3*1-3-9-7-5-6-8-10(9)4-2;3*1-2-8-6-4-3-5-7-8;;;/h3*5,7-8H,3-4H2,1-2H3;4-7H,2H2,1H3;2*3-4,6-7H,2H2,1H3;;;/q6*-1;;;. The van der Waals surface area contributed by atoms with Gasteiger partial charge in [-0.25, -0.2) is 0 Å². The van der Waals surface area contributed by atoms with Crippen LogP contribution in [0.1, 0.15) is 112 Å². The van der Waals surface area contributed by atoms with Crippen molar-refractivity contribution < 1.29 is 98.1 Å². The Morgan fingerprint density at radius 1 is 0.263 bits per heavy atom.